The van der Waals surface area contributed by atoms with Crippen LogP contribution in [0.3, 0.4) is 0 Å². The number of anilines is 1. The third-order valence-corrected chi connectivity index (χ3v) is 3.81. The van der Waals surface area contributed by atoms with Crippen LogP contribution in [0.5, 0.6) is 0 Å². The summed E-state index contributed by atoms with van der Waals surface area (Å²) in [4.78, 5) is 27.3. The van der Waals surface area contributed by atoms with E-state index in [1.807, 2.05) is 6.92 Å². The first-order valence-electron chi connectivity index (χ1n) is 6.30. The molecule has 0 atom stereocenters. The number of H-pyrrole nitrogens is 1. The Morgan fingerprint density at radius 1 is 1.57 bits per heavy atom. The number of carbonyl (C=O) groups is 1. The number of carbonyl (C=O) groups excluding carboxylic acids is 1. The van der Waals surface area contributed by atoms with E-state index >= 15 is 0 Å². The molecule has 0 aliphatic heterocycles. The number of rotatable bonds is 6. The molecule has 2 rings (SSSR count). The SMILES string of the molecule is CCCn1c(SCC(=O)Nc2cccnc2Cl)n[nH]c1=O. The Morgan fingerprint density at radius 3 is 3.10 bits per heavy atom. The van der Waals surface area contributed by atoms with Crippen LogP contribution in [0.25, 0.3) is 0 Å². The number of hydrogen-bond acceptors (Lipinski definition) is 5. The number of thioether (sulfide) groups is 1. The maximum absolute atomic E-state index is 11.9. The van der Waals surface area contributed by atoms with Crippen LogP contribution in [-0.2, 0) is 11.3 Å². The Labute approximate surface area is 130 Å². The van der Waals surface area contributed by atoms with Crippen molar-refractivity contribution in [3.63, 3.8) is 0 Å². The Bertz CT molecular complexity index is 684. The van der Waals surface area contributed by atoms with Gasteiger partial charge in [0.1, 0.15) is 0 Å². The van der Waals surface area contributed by atoms with Gasteiger partial charge in [-0.05, 0) is 18.6 Å². The van der Waals surface area contributed by atoms with Gasteiger partial charge in [-0.3, -0.25) is 9.36 Å². The van der Waals surface area contributed by atoms with Gasteiger partial charge in [-0.2, -0.15) is 0 Å². The molecular formula is C12H14ClN5O2S. The Hall–Kier alpha value is -1.80. The quantitative estimate of drug-likeness (QED) is 0.623. The average Bonchev–Trinajstić information content (AvgIpc) is 2.81. The van der Waals surface area contributed by atoms with Crippen LogP contribution >= 0.6 is 23.4 Å². The molecule has 7 nitrogen and oxygen atoms in total. The smallest absolute Gasteiger partial charge is 0.323 e. The molecule has 2 N–H and O–H groups in total. The zero-order chi connectivity index (χ0) is 15.2. The van der Waals surface area contributed by atoms with Gasteiger partial charge in [0.15, 0.2) is 10.3 Å². The van der Waals surface area contributed by atoms with E-state index in [-0.39, 0.29) is 22.5 Å². The van der Waals surface area contributed by atoms with Gasteiger partial charge < -0.3 is 5.32 Å². The van der Waals surface area contributed by atoms with Crippen LogP contribution in [0.1, 0.15) is 13.3 Å². The molecule has 2 aromatic heterocycles. The Kier molecular flexibility index (Phi) is 5.40. The normalized spacial score (nSPS) is 10.6. The molecule has 0 spiro atoms. The van der Waals surface area contributed by atoms with E-state index < -0.39 is 0 Å². The molecule has 2 aromatic rings. The van der Waals surface area contributed by atoms with Crippen LogP contribution in [0.15, 0.2) is 28.3 Å². The molecule has 0 radical (unpaired) electrons. The second-order valence-corrected chi connectivity index (χ2v) is 5.44. The van der Waals surface area contributed by atoms with Crippen molar-refractivity contribution < 1.29 is 4.79 Å². The van der Waals surface area contributed by atoms with Gasteiger partial charge in [-0.1, -0.05) is 30.3 Å². The molecule has 0 aromatic carbocycles. The van der Waals surface area contributed by atoms with Crippen molar-refractivity contribution in [3.05, 3.63) is 34.0 Å². The molecule has 0 aliphatic rings. The topological polar surface area (TPSA) is 92.7 Å². The largest absolute Gasteiger partial charge is 0.343 e. The molecule has 9 heteroatoms. The van der Waals surface area contributed by atoms with Crippen LogP contribution in [0.4, 0.5) is 5.69 Å². The lowest BCUT2D eigenvalue weighted by molar-refractivity contribution is -0.113. The van der Waals surface area contributed by atoms with Crippen molar-refractivity contribution in [2.24, 2.45) is 0 Å². The molecule has 0 aliphatic carbocycles. The molecule has 0 saturated heterocycles. The minimum absolute atomic E-state index is 0.124. The molecule has 112 valence electrons. The molecule has 1 amide bonds. The molecule has 0 unspecified atom stereocenters. The number of aromatic nitrogens is 4. The van der Waals surface area contributed by atoms with E-state index in [1.165, 1.54) is 16.3 Å². The fourth-order valence-corrected chi connectivity index (χ4v) is 2.57. The van der Waals surface area contributed by atoms with Crippen LogP contribution < -0.4 is 11.0 Å². The van der Waals surface area contributed by atoms with E-state index in [2.05, 4.69) is 20.5 Å². The minimum atomic E-state index is -0.268. The van der Waals surface area contributed by atoms with Crippen molar-refractivity contribution >= 4 is 35.0 Å². The predicted octanol–water partition coefficient (Wildman–Crippen LogP) is 1.76. The number of hydrogen-bond donors (Lipinski definition) is 2. The van der Waals surface area contributed by atoms with Crippen LogP contribution in [0, 0.1) is 0 Å². The lowest BCUT2D eigenvalue weighted by Crippen LogP contribution is -2.18. The second-order valence-electron chi connectivity index (χ2n) is 4.14. The van der Waals surface area contributed by atoms with Crippen molar-refractivity contribution in [2.75, 3.05) is 11.1 Å². The van der Waals surface area contributed by atoms with Crippen molar-refractivity contribution in [1.82, 2.24) is 19.7 Å². The zero-order valence-electron chi connectivity index (χ0n) is 11.3. The summed E-state index contributed by atoms with van der Waals surface area (Å²) in [6.45, 7) is 2.53. The van der Waals surface area contributed by atoms with Crippen molar-refractivity contribution in [1.29, 1.82) is 0 Å². The highest BCUT2D eigenvalue weighted by Gasteiger charge is 2.11. The summed E-state index contributed by atoms with van der Waals surface area (Å²) in [6.07, 6.45) is 2.35. The van der Waals surface area contributed by atoms with Gasteiger partial charge >= 0.3 is 5.69 Å². The highest BCUT2D eigenvalue weighted by atomic mass is 35.5. The first-order chi connectivity index (χ1) is 10.1. The number of pyridine rings is 1. The average molecular weight is 328 g/mol. The second kappa shape index (κ2) is 7.28. The van der Waals surface area contributed by atoms with E-state index in [0.717, 1.165) is 6.42 Å². The summed E-state index contributed by atoms with van der Waals surface area (Å²) in [5.41, 5.74) is 0.188. The maximum Gasteiger partial charge on any atom is 0.343 e. The van der Waals surface area contributed by atoms with Gasteiger partial charge in [-0.15, -0.1) is 5.10 Å². The lowest BCUT2D eigenvalue weighted by atomic mass is 10.4. The standard InChI is InChI=1S/C12H14ClN5O2S/c1-2-6-18-11(20)16-17-12(18)21-7-9(19)15-8-4-3-5-14-10(8)13/h3-5H,2,6-7H2,1H3,(H,15,19)(H,16,20). The van der Waals surface area contributed by atoms with Crippen molar-refractivity contribution in [3.8, 4) is 0 Å². The summed E-state index contributed by atoms with van der Waals surface area (Å²) in [5.74, 6) is -0.118. The summed E-state index contributed by atoms with van der Waals surface area (Å²) < 4.78 is 1.51. The molecule has 0 saturated carbocycles. The Balaban J connectivity index is 1.96. The van der Waals surface area contributed by atoms with Gasteiger partial charge in [0.05, 0.1) is 11.4 Å². The summed E-state index contributed by atoms with van der Waals surface area (Å²) >= 11 is 7.05. The monoisotopic (exact) mass is 327 g/mol. The summed E-state index contributed by atoms with van der Waals surface area (Å²) in [6, 6.07) is 3.35. The number of aromatic amines is 1. The van der Waals surface area contributed by atoms with Gasteiger partial charge in [0.2, 0.25) is 5.91 Å². The highest BCUT2D eigenvalue weighted by molar-refractivity contribution is 7.99. The fourth-order valence-electron chi connectivity index (χ4n) is 1.63. The van der Waals surface area contributed by atoms with E-state index in [9.17, 15) is 9.59 Å². The molecule has 21 heavy (non-hydrogen) atoms. The van der Waals surface area contributed by atoms with Gasteiger partial charge in [0.25, 0.3) is 0 Å². The van der Waals surface area contributed by atoms with Crippen LogP contribution in [0.2, 0.25) is 5.15 Å². The highest BCUT2D eigenvalue weighted by Crippen LogP contribution is 2.19. The molecule has 2 heterocycles. The van der Waals surface area contributed by atoms with Gasteiger partial charge in [-0.25, -0.2) is 14.9 Å². The summed E-state index contributed by atoms with van der Waals surface area (Å²) in [7, 11) is 0. The molecule has 0 fully saturated rings. The molecular weight excluding hydrogens is 314 g/mol. The van der Waals surface area contributed by atoms with E-state index in [0.29, 0.717) is 17.4 Å². The third kappa shape index (κ3) is 4.08. The van der Waals surface area contributed by atoms with E-state index in [4.69, 9.17) is 11.6 Å². The number of halogens is 1. The van der Waals surface area contributed by atoms with Crippen molar-refractivity contribution in [2.45, 2.75) is 25.0 Å². The zero-order valence-corrected chi connectivity index (χ0v) is 12.9. The first-order valence-corrected chi connectivity index (χ1v) is 7.66. The van der Waals surface area contributed by atoms with Gasteiger partial charge in [0, 0.05) is 12.7 Å². The Morgan fingerprint density at radius 2 is 2.38 bits per heavy atom. The van der Waals surface area contributed by atoms with Crippen LogP contribution in [-0.4, -0.2) is 31.4 Å². The predicted molar refractivity (Wildman–Crippen MR) is 81.7 cm³/mol. The maximum atomic E-state index is 11.9. The fraction of sp³-hybridized carbons (Fsp3) is 0.333. The molecule has 0 bridgehead atoms. The first kappa shape index (κ1) is 15.6. The van der Waals surface area contributed by atoms with E-state index in [1.54, 1.807) is 18.3 Å². The summed E-state index contributed by atoms with van der Waals surface area (Å²) in [5, 5.41) is 9.67. The number of amides is 1. The third-order valence-electron chi connectivity index (χ3n) is 2.54. The number of nitrogens with zero attached hydrogens (tertiary/aromatic N) is 3. The number of nitrogens with one attached hydrogen (secondary N) is 2. The lowest BCUT2D eigenvalue weighted by Gasteiger charge is -2.06. The minimum Gasteiger partial charge on any atom is -0.323 e.